The van der Waals surface area contributed by atoms with E-state index < -0.39 is 0 Å². The molecule has 0 aliphatic rings. The molecule has 1 N–H and O–H groups in total. The van der Waals surface area contributed by atoms with Gasteiger partial charge in [0.05, 0.1) is 0 Å². The molecule has 0 aromatic rings. The molecule has 0 bridgehead atoms. The zero-order valence-electron chi connectivity index (χ0n) is 10.1. The molecule has 0 aromatic heterocycles. The summed E-state index contributed by atoms with van der Waals surface area (Å²) < 4.78 is 0. The van der Waals surface area contributed by atoms with Gasteiger partial charge in [-0.3, -0.25) is 0 Å². The second kappa shape index (κ2) is 7.37. The van der Waals surface area contributed by atoms with Gasteiger partial charge >= 0.3 is 0 Å². The Bertz CT molecular complexity index is 110. The summed E-state index contributed by atoms with van der Waals surface area (Å²) in [7, 11) is 0. The van der Waals surface area contributed by atoms with Crippen LogP contribution in [-0.2, 0) is 0 Å². The van der Waals surface area contributed by atoms with Crippen LogP contribution < -0.4 is 5.32 Å². The molecule has 13 heavy (non-hydrogen) atoms. The van der Waals surface area contributed by atoms with Crippen LogP contribution >= 0.6 is 0 Å². The summed E-state index contributed by atoms with van der Waals surface area (Å²) in [4.78, 5) is 0. The molecule has 0 saturated heterocycles. The molecule has 2 atom stereocenters. The van der Waals surface area contributed by atoms with E-state index in [0.717, 1.165) is 18.4 Å². The van der Waals surface area contributed by atoms with Crippen molar-refractivity contribution >= 4 is 0 Å². The molecule has 0 rings (SSSR count). The average Bonchev–Trinajstić information content (AvgIpc) is 2.09. The fraction of sp³-hybridized carbons (Fsp3) is 1.00. The summed E-state index contributed by atoms with van der Waals surface area (Å²) in [6.07, 6.45) is 3.90. The Morgan fingerprint density at radius 2 is 1.62 bits per heavy atom. The van der Waals surface area contributed by atoms with Crippen molar-refractivity contribution in [1.29, 1.82) is 0 Å². The van der Waals surface area contributed by atoms with Crippen LogP contribution in [0, 0.1) is 11.8 Å². The molecule has 0 amide bonds. The monoisotopic (exact) mass is 185 g/mol. The second-order valence-electron chi connectivity index (χ2n) is 4.44. The standard InChI is InChI=1S/C12H27N/c1-6-8-12(10(3)4)11(5)13-9-7-2/h10-13H,6-9H2,1-5H3. The fourth-order valence-corrected chi connectivity index (χ4v) is 2.02. The van der Waals surface area contributed by atoms with E-state index in [1.165, 1.54) is 19.3 Å². The molecule has 0 heterocycles. The first-order chi connectivity index (χ1) is 6.13. The molecule has 1 nitrogen and oxygen atoms in total. The van der Waals surface area contributed by atoms with E-state index in [2.05, 4.69) is 39.9 Å². The maximum atomic E-state index is 3.60. The van der Waals surface area contributed by atoms with Gasteiger partial charge in [-0.05, 0) is 38.1 Å². The SMILES string of the molecule is CCCNC(C)C(CCC)C(C)C. The van der Waals surface area contributed by atoms with Crippen LogP contribution in [0.1, 0.15) is 53.9 Å². The lowest BCUT2D eigenvalue weighted by molar-refractivity contribution is 0.272. The first-order valence-corrected chi connectivity index (χ1v) is 5.86. The van der Waals surface area contributed by atoms with Crippen LogP contribution in [0.15, 0.2) is 0 Å². The molecular formula is C12H27N. The lowest BCUT2D eigenvalue weighted by Crippen LogP contribution is -2.36. The van der Waals surface area contributed by atoms with E-state index >= 15 is 0 Å². The summed E-state index contributed by atoms with van der Waals surface area (Å²) in [5.41, 5.74) is 0. The molecule has 0 fully saturated rings. The minimum Gasteiger partial charge on any atom is -0.314 e. The van der Waals surface area contributed by atoms with E-state index in [9.17, 15) is 0 Å². The second-order valence-corrected chi connectivity index (χ2v) is 4.44. The molecule has 0 aromatic carbocycles. The number of nitrogens with one attached hydrogen (secondary N) is 1. The maximum Gasteiger partial charge on any atom is 0.00694 e. The van der Waals surface area contributed by atoms with Gasteiger partial charge in [-0.15, -0.1) is 0 Å². The van der Waals surface area contributed by atoms with Gasteiger partial charge in [-0.1, -0.05) is 34.1 Å². The summed E-state index contributed by atoms with van der Waals surface area (Å²) >= 11 is 0. The zero-order chi connectivity index (χ0) is 10.3. The highest BCUT2D eigenvalue weighted by molar-refractivity contribution is 4.74. The third-order valence-electron chi connectivity index (χ3n) is 2.84. The minimum absolute atomic E-state index is 0.680. The lowest BCUT2D eigenvalue weighted by Gasteiger charge is -2.28. The van der Waals surface area contributed by atoms with Gasteiger partial charge in [0.1, 0.15) is 0 Å². The molecule has 0 aliphatic heterocycles. The van der Waals surface area contributed by atoms with Crippen molar-refractivity contribution in [3.05, 3.63) is 0 Å². The molecule has 2 unspecified atom stereocenters. The van der Waals surface area contributed by atoms with Crippen molar-refractivity contribution in [2.75, 3.05) is 6.54 Å². The number of hydrogen-bond donors (Lipinski definition) is 1. The lowest BCUT2D eigenvalue weighted by atomic mass is 9.85. The summed E-state index contributed by atoms with van der Waals surface area (Å²) in [5, 5.41) is 3.60. The smallest absolute Gasteiger partial charge is 0.00694 e. The Morgan fingerprint density at radius 3 is 2.00 bits per heavy atom. The summed E-state index contributed by atoms with van der Waals surface area (Å²) in [6.45, 7) is 12.7. The average molecular weight is 185 g/mol. The van der Waals surface area contributed by atoms with Crippen molar-refractivity contribution in [1.82, 2.24) is 5.32 Å². The van der Waals surface area contributed by atoms with Gasteiger partial charge < -0.3 is 5.32 Å². The Kier molecular flexibility index (Phi) is 7.35. The van der Waals surface area contributed by atoms with Crippen LogP contribution in [0.25, 0.3) is 0 Å². The van der Waals surface area contributed by atoms with Crippen molar-refractivity contribution in [3.8, 4) is 0 Å². The molecular weight excluding hydrogens is 158 g/mol. The molecule has 0 aliphatic carbocycles. The topological polar surface area (TPSA) is 12.0 Å². The Balaban J connectivity index is 3.87. The molecule has 0 saturated carbocycles. The highest BCUT2D eigenvalue weighted by Crippen LogP contribution is 2.20. The number of rotatable bonds is 7. The van der Waals surface area contributed by atoms with Gasteiger partial charge in [-0.2, -0.15) is 0 Å². The highest BCUT2D eigenvalue weighted by Gasteiger charge is 2.18. The van der Waals surface area contributed by atoms with Gasteiger partial charge in [0.25, 0.3) is 0 Å². The summed E-state index contributed by atoms with van der Waals surface area (Å²) in [6, 6.07) is 0.680. The van der Waals surface area contributed by atoms with Gasteiger partial charge in [0, 0.05) is 6.04 Å². The minimum atomic E-state index is 0.680. The highest BCUT2D eigenvalue weighted by atomic mass is 14.9. The first-order valence-electron chi connectivity index (χ1n) is 5.86. The zero-order valence-corrected chi connectivity index (χ0v) is 10.1. The van der Waals surface area contributed by atoms with Crippen molar-refractivity contribution < 1.29 is 0 Å². The maximum absolute atomic E-state index is 3.60. The van der Waals surface area contributed by atoms with E-state index in [4.69, 9.17) is 0 Å². The van der Waals surface area contributed by atoms with Crippen molar-refractivity contribution in [2.45, 2.75) is 59.9 Å². The van der Waals surface area contributed by atoms with Gasteiger partial charge in [0.15, 0.2) is 0 Å². The van der Waals surface area contributed by atoms with Crippen LogP contribution in [0.4, 0.5) is 0 Å². The first kappa shape index (κ1) is 13.0. The van der Waals surface area contributed by atoms with E-state index in [-0.39, 0.29) is 0 Å². The van der Waals surface area contributed by atoms with Crippen molar-refractivity contribution in [3.63, 3.8) is 0 Å². The van der Waals surface area contributed by atoms with E-state index in [1.807, 2.05) is 0 Å². The Morgan fingerprint density at radius 1 is 1.00 bits per heavy atom. The van der Waals surface area contributed by atoms with E-state index in [0.29, 0.717) is 6.04 Å². The van der Waals surface area contributed by atoms with Crippen LogP contribution in [-0.4, -0.2) is 12.6 Å². The van der Waals surface area contributed by atoms with Gasteiger partial charge in [0.2, 0.25) is 0 Å². The predicted octanol–water partition coefficient (Wildman–Crippen LogP) is 3.45. The normalized spacial score (nSPS) is 16.2. The predicted molar refractivity (Wildman–Crippen MR) is 61.0 cm³/mol. The molecule has 80 valence electrons. The third kappa shape index (κ3) is 5.30. The Labute approximate surface area is 84.3 Å². The fourth-order valence-electron chi connectivity index (χ4n) is 2.02. The Hall–Kier alpha value is -0.0400. The molecule has 0 radical (unpaired) electrons. The number of hydrogen-bond acceptors (Lipinski definition) is 1. The largest absolute Gasteiger partial charge is 0.314 e. The molecule has 1 heteroatoms. The summed E-state index contributed by atoms with van der Waals surface area (Å²) in [5.74, 6) is 1.65. The van der Waals surface area contributed by atoms with E-state index in [1.54, 1.807) is 0 Å². The quantitative estimate of drug-likeness (QED) is 0.640. The van der Waals surface area contributed by atoms with Gasteiger partial charge in [-0.25, -0.2) is 0 Å². The van der Waals surface area contributed by atoms with Crippen LogP contribution in [0.3, 0.4) is 0 Å². The van der Waals surface area contributed by atoms with Crippen LogP contribution in [0.2, 0.25) is 0 Å². The third-order valence-corrected chi connectivity index (χ3v) is 2.84. The molecule has 0 spiro atoms. The van der Waals surface area contributed by atoms with Crippen molar-refractivity contribution in [2.24, 2.45) is 11.8 Å². The van der Waals surface area contributed by atoms with Crippen LogP contribution in [0.5, 0.6) is 0 Å².